The summed E-state index contributed by atoms with van der Waals surface area (Å²) in [6, 6.07) is 8.39. The molecule has 2 aromatic carbocycles. The highest BCUT2D eigenvalue weighted by Gasteiger charge is 2.42. The van der Waals surface area contributed by atoms with Gasteiger partial charge in [-0.1, -0.05) is 32.4 Å². The number of sulfonamides is 1. The maximum Gasteiger partial charge on any atom is 0.359 e. The number of likely N-dealkylation sites (N-methyl/N-ethyl adjacent to an activating group) is 1. The van der Waals surface area contributed by atoms with Crippen LogP contribution in [0, 0.1) is 5.92 Å². The molecule has 1 aliphatic rings. The first kappa shape index (κ1) is 33.6. The number of amides is 1. The Bertz CT molecular complexity index is 1820. The van der Waals surface area contributed by atoms with E-state index in [4.69, 9.17) is 18.9 Å². The summed E-state index contributed by atoms with van der Waals surface area (Å²) in [7, 11) is 0.428. The number of para-hydroxylation sites is 1. The summed E-state index contributed by atoms with van der Waals surface area (Å²) in [5.74, 6) is -3.73. The lowest BCUT2D eigenvalue weighted by Gasteiger charge is -2.31. The molecular weight excluding hydrogens is 622 g/mol. The Morgan fingerprint density at radius 2 is 1.67 bits per heavy atom. The fourth-order valence-corrected chi connectivity index (χ4v) is 5.80. The molecule has 16 heteroatoms. The van der Waals surface area contributed by atoms with E-state index in [2.05, 4.69) is 15.3 Å². The number of esters is 3. The third-order valence-corrected chi connectivity index (χ3v) is 9.08. The van der Waals surface area contributed by atoms with Gasteiger partial charge in [0.2, 0.25) is 0 Å². The van der Waals surface area contributed by atoms with E-state index in [0.29, 0.717) is 0 Å². The average Bonchev–Trinajstić information content (AvgIpc) is 3.49. The largest absolute Gasteiger partial charge is 0.495 e. The monoisotopic (exact) mass is 655 g/mol. The smallest absolute Gasteiger partial charge is 0.359 e. The van der Waals surface area contributed by atoms with Crippen molar-refractivity contribution >= 4 is 51.0 Å². The number of hydrogen-bond donors (Lipinski definition) is 1. The lowest BCUT2D eigenvalue weighted by atomic mass is 10.1. The number of nitrogens with one attached hydrogen (secondary N) is 1. The maximum absolute atomic E-state index is 14.3. The number of nitrogens with zero attached hydrogens (tertiary/aromatic N) is 4. The zero-order chi connectivity index (χ0) is 33.8. The Kier molecular flexibility index (Phi) is 10.1. The normalized spacial score (nSPS) is 14.7. The van der Waals surface area contributed by atoms with Crippen LogP contribution in [0.25, 0.3) is 0 Å². The van der Waals surface area contributed by atoms with E-state index >= 15 is 0 Å². The topological polar surface area (TPSA) is 185 Å². The Balaban J connectivity index is 1.89. The van der Waals surface area contributed by atoms with Crippen LogP contribution in [0.2, 0.25) is 0 Å². The summed E-state index contributed by atoms with van der Waals surface area (Å²) in [4.78, 5) is 61.0. The molecule has 0 radical (unpaired) electrons. The zero-order valence-electron chi connectivity index (χ0n) is 26.0. The van der Waals surface area contributed by atoms with Crippen LogP contribution in [0.15, 0.2) is 58.7 Å². The number of aromatic nitrogens is 2. The number of ether oxygens (including phenoxy) is 4. The summed E-state index contributed by atoms with van der Waals surface area (Å²) in [6.45, 7) is 4.08. The van der Waals surface area contributed by atoms with Crippen molar-refractivity contribution in [2.75, 3.05) is 40.3 Å². The summed E-state index contributed by atoms with van der Waals surface area (Å²) in [6.07, 6.45) is 1.79. The van der Waals surface area contributed by atoms with Gasteiger partial charge in [-0.25, -0.2) is 32.8 Å². The number of methoxy groups -OCH3 is 3. The van der Waals surface area contributed by atoms with Crippen molar-refractivity contribution in [3.8, 4) is 5.75 Å². The number of carbonyl (C=O) groups is 4. The molecule has 15 nitrogen and oxygen atoms in total. The molecule has 0 spiro atoms. The van der Waals surface area contributed by atoms with Crippen LogP contribution < -0.4 is 10.1 Å². The van der Waals surface area contributed by atoms with Gasteiger partial charge in [-0.3, -0.25) is 9.10 Å². The van der Waals surface area contributed by atoms with E-state index in [1.54, 1.807) is 6.07 Å². The molecule has 1 amide bonds. The number of fused-ring (bicyclic) bond motifs is 1. The zero-order valence-corrected chi connectivity index (χ0v) is 26.8. The third kappa shape index (κ3) is 6.42. The predicted molar refractivity (Wildman–Crippen MR) is 164 cm³/mol. The Labute approximate surface area is 265 Å². The van der Waals surface area contributed by atoms with Gasteiger partial charge < -0.3 is 28.8 Å². The maximum atomic E-state index is 14.3. The van der Waals surface area contributed by atoms with Crippen molar-refractivity contribution in [3.63, 3.8) is 0 Å². The molecule has 0 saturated heterocycles. The Morgan fingerprint density at radius 3 is 2.33 bits per heavy atom. The van der Waals surface area contributed by atoms with Gasteiger partial charge in [0.15, 0.2) is 23.3 Å². The lowest BCUT2D eigenvalue weighted by Crippen LogP contribution is -2.45. The second-order valence-corrected chi connectivity index (χ2v) is 12.1. The summed E-state index contributed by atoms with van der Waals surface area (Å²) < 4.78 is 49.3. The van der Waals surface area contributed by atoms with E-state index in [1.165, 1.54) is 50.6 Å². The molecule has 1 aromatic heterocycles. The van der Waals surface area contributed by atoms with Crippen molar-refractivity contribution in [3.05, 3.63) is 65.7 Å². The highest BCUT2D eigenvalue weighted by Crippen LogP contribution is 2.35. The molecule has 1 aliphatic heterocycles. The molecule has 2 heterocycles. The predicted octanol–water partition coefficient (Wildman–Crippen LogP) is 3.21. The van der Waals surface area contributed by atoms with Gasteiger partial charge >= 0.3 is 17.9 Å². The van der Waals surface area contributed by atoms with Crippen molar-refractivity contribution in [2.24, 2.45) is 10.9 Å². The SMILES string of the molecule is CCC(C)COC(=O)c1ccc(OC)c(NC(=O)C(C2=Nc3ccccc3S(=O)(=O)N2C)n2cnc(C(=O)OC)c2C(=O)OC)c1. The van der Waals surface area contributed by atoms with E-state index in [9.17, 15) is 27.6 Å². The lowest BCUT2D eigenvalue weighted by molar-refractivity contribution is -0.117. The molecule has 4 rings (SSSR count). The first-order valence-corrected chi connectivity index (χ1v) is 15.4. The third-order valence-electron chi connectivity index (χ3n) is 7.27. The van der Waals surface area contributed by atoms with E-state index in [0.717, 1.165) is 35.8 Å². The van der Waals surface area contributed by atoms with Gasteiger partial charge in [0, 0.05) is 7.05 Å². The minimum absolute atomic E-state index is 0.0192. The fourth-order valence-electron chi connectivity index (χ4n) is 4.49. The van der Waals surface area contributed by atoms with Gasteiger partial charge in [0.1, 0.15) is 10.6 Å². The second-order valence-electron chi connectivity index (χ2n) is 10.2. The molecular formula is C30H33N5O10S. The van der Waals surface area contributed by atoms with Crippen molar-refractivity contribution in [2.45, 2.75) is 31.2 Å². The number of hydrogen-bond acceptors (Lipinski definition) is 12. The number of imidazole rings is 1. The van der Waals surface area contributed by atoms with Crippen LogP contribution in [-0.4, -0.2) is 86.9 Å². The Morgan fingerprint density at radius 1 is 0.978 bits per heavy atom. The number of carbonyl (C=O) groups excluding carboxylic acids is 4. The molecule has 46 heavy (non-hydrogen) atoms. The van der Waals surface area contributed by atoms with Gasteiger partial charge in [-0.2, -0.15) is 0 Å². The number of anilines is 1. The van der Waals surface area contributed by atoms with E-state index < -0.39 is 51.3 Å². The minimum atomic E-state index is -4.23. The summed E-state index contributed by atoms with van der Waals surface area (Å²) in [5, 5.41) is 2.65. The first-order valence-electron chi connectivity index (χ1n) is 13.9. The van der Waals surface area contributed by atoms with Crippen LogP contribution in [-0.2, 0) is 29.0 Å². The number of aliphatic imine (C=N–C) groups is 1. The molecule has 3 aromatic rings. The van der Waals surface area contributed by atoms with Crippen molar-refractivity contribution < 1.29 is 46.5 Å². The number of amidine groups is 1. The van der Waals surface area contributed by atoms with Crippen molar-refractivity contribution in [1.29, 1.82) is 0 Å². The quantitative estimate of drug-likeness (QED) is 0.236. The van der Waals surface area contributed by atoms with Gasteiger partial charge in [0.25, 0.3) is 15.9 Å². The van der Waals surface area contributed by atoms with Crippen LogP contribution >= 0.6 is 0 Å². The van der Waals surface area contributed by atoms with Gasteiger partial charge in [-0.05, 0) is 36.2 Å². The highest BCUT2D eigenvalue weighted by atomic mass is 32.2. The molecule has 244 valence electrons. The van der Waals surface area contributed by atoms with Gasteiger partial charge in [-0.15, -0.1) is 0 Å². The first-order chi connectivity index (χ1) is 21.9. The molecule has 0 bridgehead atoms. The van der Waals surface area contributed by atoms with Crippen molar-refractivity contribution in [1.82, 2.24) is 13.9 Å². The Hall–Kier alpha value is -5.25. The van der Waals surface area contributed by atoms with Crippen LogP contribution in [0.5, 0.6) is 5.75 Å². The molecule has 2 unspecified atom stereocenters. The van der Waals surface area contributed by atoms with E-state index in [1.807, 2.05) is 13.8 Å². The molecule has 2 atom stereocenters. The van der Waals surface area contributed by atoms with Crippen LogP contribution in [0.4, 0.5) is 11.4 Å². The standard InChI is InChI=1S/C30H33N5O10S/c1-7-17(2)15-45-28(37)18-12-13-21(42-4)20(14-18)33-27(36)25(35-16-31-23(29(38)43-5)24(35)30(39)44-6)26-32-19-10-8-9-11-22(19)46(40,41)34(26)3/h8-14,16-17,25H,7,15H2,1-6H3,(H,33,36). The average molecular weight is 656 g/mol. The molecule has 0 saturated carbocycles. The summed E-state index contributed by atoms with van der Waals surface area (Å²) >= 11 is 0. The van der Waals surface area contributed by atoms with Crippen LogP contribution in [0.1, 0.15) is 57.6 Å². The fraction of sp³-hybridized carbons (Fsp3) is 0.333. The van der Waals surface area contributed by atoms with Gasteiger partial charge in [0.05, 0.1) is 51.2 Å². The summed E-state index contributed by atoms with van der Waals surface area (Å²) in [5.41, 5.74) is -0.838. The molecule has 1 N–H and O–H groups in total. The molecule has 0 fully saturated rings. The molecule has 0 aliphatic carbocycles. The number of rotatable bonds is 11. The number of benzene rings is 2. The van der Waals surface area contributed by atoms with Crippen LogP contribution in [0.3, 0.4) is 0 Å². The van der Waals surface area contributed by atoms with E-state index in [-0.39, 0.29) is 45.9 Å². The minimum Gasteiger partial charge on any atom is -0.495 e. The highest BCUT2D eigenvalue weighted by molar-refractivity contribution is 7.90. The second kappa shape index (κ2) is 13.8.